The zero-order valence-electron chi connectivity index (χ0n) is 10.7. The summed E-state index contributed by atoms with van der Waals surface area (Å²) in [7, 11) is 0. The molecule has 2 aromatic rings. The van der Waals surface area contributed by atoms with Crippen LogP contribution in [0.5, 0.6) is 0 Å². The maximum atomic E-state index is 12.0. The van der Waals surface area contributed by atoms with E-state index in [2.05, 4.69) is 18.9 Å². The van der Waals surface area contributed by atoms with Gasteiger partial charge in [-0.25, -0.2) is 0 Å². The van der Waals surface area contributed by atoms with Gasteiger partial charge < -0.3 is 10.3 Å². The molecule has 5 heteroatoms. The maximum Gasteiger partial charge on any atom is 0.255 e. The molecule has 2 heterocycles. The molecule has 0 saturated heterocycles. The van der Waals surface area contributed by atoms with Gasteiger partial charge in [0, 0.05) is 30.5 Å². The number of aromatic nitrogens is 3. The fourth-order valence-electron chi connectivity index (χ4n) is 1.79. The van der Waals surface area contributed by atoms with E-state index in [-0.39, 0.29) is 12.1 Å². The Bertz CT molecular complexity index is 583. The van der Waals surface area contributed by atoms with Crippen LogP contribution < -0.4 is 11.3 Å². The Morgan fingerprint density at radius 2 is 2.11 bits per heavy atom. The predicted molar refractivity (Wildman–Crippen MR) is 70.3 cm³/mol. The molecule has 0 aliphatic heterocycles. The second kappa shape index (κ2) is 5.18. The first kappa shape index (κ1) is 12.6. The Kier molecular flexibility index (Phi) is 3.62. The zero-order valence-corrected chi connectivity index (χ0v) is 10.7. The molecule has 0 amide bonds. The normalized spacial score (nSPS) is 11.1. The minimum absolute atomic E-state index is 0.0425. The average molecular weight is 246 g/mol. The molecule has 0 unspecified atom stereocenters. The van der Waals surface area contributed by atoms with Crippen molar-refractivity contribution in [2.75, 3.05) is 0 Å². The number of hydrogen-bond donors (Lipinski definition) is 1. The van der Waals surface area contributed by atoms with Crippen LogP contribution in [0.1, 0.15) is 31.1 Å². The van der Waals surface area contributed by atoms with E-state index in [4.69, 9.17) is 5.73 Å². The molecule has 0 spiro atoms. The number of nitrogens with two attached hydrogens (primary N) is 1. The molecule has 0 atom stereocenters. The van der Waals surface area contributed by atoms with E-state index in [1.807, 2.05) is 23.0 Å². The van der Waals surface area contributed by atoms with Gasteiger partial charge in [-0.2, -0.15) is 5.10 Å². The fraction of sp³-hybridized carbons (Fsp3) is 0.385. The van der Waals surface area contributed by atoms with Crippen LogP contribution in [-0.4, -0.2) is 14.3 Å². The van der Waals surface area contributed by atoms with E-state index in [1.54, 1.807) is 16.8 Å². The Balaban J connectivity index is 2.26. The van der Waals surface area contributed by atoms with Crippen molar-refractivity contribution in [1.29, 1.82) is 0 Å². The van der Waals surface area contributed by atoms with Crippen molar-refractivity contribution in [3.05, 3.63) is 52.2 Å². The first-order valence-corrected chi connectivity index (χ1v) is 6.04. The van der Waals surface area contributed by atoms with Gasteiger partial charge in [0.15, 0.2) is 0 Å². The van der Waals surface area contributed by atoms with Gasteiger partial charge in [-0.15, -0.1) is 0 Å². The van der Waals surface area contributed by atoms with Crippen molar-refractivity contribution >= 4 is 0 Å². The van der Waals surface area contributed by atoms with Gasteiger partial charge in [-0.1, -0.05) is 6.07 Å². The van der Waals surface area contributed by atoms with Gasteiger partial charge in [0.25, 0.3) is 5.56 Å². The number of nitrogens with zero attached hydrogens (tertiary/aromatic N) is 3. The van der Waals surface area contributed by atoms with E-state index in [0.717, 1.165) is 5.69 Å². The minimum atomic E-state index is -0.0425. The van der Waals surface area contributed by atoms with Gasteiger partial charge in [-0.05, 0) is 26.0 Å². The summed E-state index contributed by atoms with van der Waals surface area (Å²) in [4.78, 5) is 12.0. The van der Waals surface area contributed by atoms with Crippen LogP contribution in [0.3, 0.4) is 0 Å². The molecular weight excluding hydrogens is 228 g/mol. The first-order chi connectivity index (χ1) is 8.61. The van der Waals surface area contributed by atoms with Crippen molar-refractivity contribution in [2.24, 2.45) is 5.73 Å². The predicted octanol–water partition coefficient (Wildman–Crippen LogP) is 1.13. The Labute approximate surface area is 106 Å². The monoisotopic (exact) mass is 246 g/mol. The van der Waals surface area contributed by atoms with E-state index < -0.39 is 0 Å². The highest BCUT2D eigenvalue weighted by Crippen LogP contribution is 2.05. The number of rotatable bonds is 4. The maximum absolute atomic E-state index is 12.0. The molecule has 96 valence electrons. The second-order valence-electron chi connectivity index (χ2n) is 4.55. The Morgan fingerprint density at radius 3 is 2.72 bits per heavy atom. The lowest BCUT2D eigenvalue weighted by atomic mass is 10.3. The van der Waals surface area contributed by atoms with Crippen LogP contribution in [0.25, 0.3) is 0 Å². The van der Waals surface area contributed by atoms with Crippen LogP contribution >= 0.6 is 0 Å². The quantitative estimate of drug-likeness (QED) is 0.879. The lowest BCUT2D eigenvalue weighted by molar-refractivity contribution is 0.523. The standard InChI is InChI=1S/C13H18N4O/c1-10(2)17-7-5-12(15-17)9-16-6-3-4-11(8-14)13(16)18/h3-7,10H,8-9,14H2,1-2H3. The molecule has 0 saturated carbocycles. The molecule has 0 aliphatic rings. The van der Waals surface area contributed by atoms with Gasteiger partial charge in [0.1, 0.15) is 0 Å². The van der Waals surface area contributed by atoms with Crippen molar-refractivity contribution in [3.63, 3.8) is 0 Å². The Morgan fingerprint density at radius 1 is 1.33 bits per heavy atom. The third kappa shape index (κ3) is 2.51. The lowest BCUT2D eigenvalue weighted by Gasteiger charge is -2.06. The minimum Gasteiger partial charge on any atom is -0.326 e. The summed E-state index contributed by atoms with van der Waals surface area (Å²) in [6, 6.07) is 5.85. The smallest absolute Gasteiger partial charge is 0.255 e. The molecule has 0 bridgehead atoms. The third-order valence-electron chi connectivity index (χ3n) is 2.84. The second-order valence-corrected chi connectivity index (χ2v) is 4.55. The topological polar surface area (TPSA) is 65.8 Å². The molecule has 5 nitrogen and oxygen atoms in total. The molecule has 0 fully saturated rings. The first-order valence-electron chi connectivity index (χ1n) is 6.04. The van der Waals surface area contributed by atoms with Crippen LogP contribution in [0.15, 0.2) is 35.4 Å². The summed E-state index contributed by atoms with van der Waals surface area (Å²) in [5.74, 6) is 0. The van der Waals surface area contributed by atoms with E-state index in [1.165, 1.54) is 0 Å². The number of pyridine rings is 1. The van der Waals surface area contributed by atoms with Crippen molar-refractivity contribution in [3.8, 4) is 0 Å². The van der Waals surface area contributed by atoms with Crippen LogP contribution in [0, 0.1) is 0 Å². The highest BCUT2D eigenvalue weighted by atomic mass is 16.1. The number of hydrogen-bond acceptors (Lipinski definition) is 3. The molecular formula is C13H18N4O. The van der Waals surface area contributed by atoms with Crippen molar-refractivity contribution < 1.29 is 0 Å². The molecule has 0 aromatic carbocycles. The van der Waals surface area contributed by atoms with Crippen LogP contribution in [-0.2, 0) is 13.1 Å². The third-order valence-corrected chi connectivity index (χ3v) is 2.84. The lowest BCUT2D eigenvalue weighted by Crippen LogP contribution is -2.25. The van der Waals surface area contributed by atoms with Crippen molar-refractivity contribution in [1.82, 2.24) is 14.3 Å². The highest BCUT2D eigenvalue weighted by molar-refractivity contribution is 5.11. The summed E-state index contributed by atoms with van der Waals surface area (Å²) in [6.45, 7) is 4.88. The molecule has 2 rings (SSSR count). The van der Waals surface area contributed by atoms with Crippen molar-refractivity contribution in [2.45, 2.75) is 33.0 Å². The van der Waals surface area contributed by atoms with Gasteiger partial charge in [-0.3, -0.25) is 9.48 Å². The van der Waals surface area contributed by atoms with Crippen LogP contribution in [0.2, 0.25) is 0 Å². The fourth-order valence-corrected chi connectivity index (χ4v) is 1.79. The van der Waals surface area contributed by atoms with Gasteiger partial charge in [0.2, 0.25) is 0 Å². The Hall–Kier alpha value is -1.88. The summed E-state index contributed by atoms with van der Waals surface area (Å²) in [5.41, 5.74) is 6.98. The van der Waals surface area contributed by atoms with E-state index >= 15 is 0 Å². The SMILES string of the molecule is CC(C)n1ccc(Cn2cccc(CN)c2=O)n1. The molecule has 2 N–H and O–H groups in total. The summed E-state index contributed by atoms with van der Waals surface area (Å²) in [6.07, 6.45) is 3.69. The average Bonchev–Trinajstić information content (AvgIpc) is 2.80. The highest BCUT2D eigenvalue weighted by Gasteiger charge is 2.05. The summed E-state index contributed by atoms with van der Waals surface area (Å²) in [5, 5.41) is 4.43. The van der Waals surface area contributed by atoms with E-state index in [0.29, 0.717) is 18.2 Å². The molecule has 0 radical (unpaired) electrons. The van der Waals surface area contributed by atoms with Crippen LogP contribution in [0.4, 0.5) is 0 Å². The summed E-state index contributed by atoms with van der Waals surface area (Å²) < 4.78 is 3.52. The molecule has 2 aromatic heterocycles. The van der Waals surface area contributed by atoms with Gasteiger partial charge >= 0.3 is 0 Å². The summed E-state index contributed by atoms with van der Waals surface area (Å²) >= 11 is 0. The largest absolute Gasteiger partial charge is 0.326 e. The van der Waals surface area contributed by atoms with Gasteiger partial charge in [0.05, 0.1) is 12.2 Å². The van der Waals surface area contributed by atoms with E-state index in [9.17, 15) is 4.79 Å². The zero-order chi connectivity index (χ0) is 13.1. The molecule has 0 aliphatic carbocycles. The molecule has 18 heavy (non-hydrogen) atoms.